The molecule has 0 spiro atoms. The van der Waals surface area contributed by atoms with Gasteiger partial charge in [-0.25, -0.2) is 13.1 Å². The average molecular weight is 420 g/mol. The minimum absolute atomic E-state index is 0.0707. The number of sulfonamides is 1. The molecule has 0 aliphatic carbocycles. The highest BCUT2D eigenvalue weighted by Crippen LogP contribution is 2.29. The summed E-state index contributed by atoms with van der Waals surface area (Å²) < 4.78 is 28.5. The third-order valence-electron chi connectivity index (χ3n) is 4.29. The molecule has 2 aromatic carbocycles. The second-order valence-electron chi connectivity index (χ2n) is 5.97. The molecule has 3 rings (SSSR count). The largest absolute Gasteiger partial charge is 0.371 e. The first-order valence-corrected chi connectivity index (χ1v) is 10.3. The normalized spacial score (nSPS) is 15.8. The van der Waals surface area contributed by atoms with Crippen LogP contribution in [0.1, 0.15) is 18.4 Å². The van der Waals surface area contributed by atoms with Crippen LogP contribution >= 0.6 is 15.9 Å². The molecule has 1 aliphatic rings. The maximum absolute atomic E-state index is 12.4. The standard InChI is InChI=1S/C18H18BrN3O2S/c19-17-12-14(13-20)6-7-18(17)22-10-8-15(9-11-22)21-25(23,24)16-4-2-1-3-5-16/h1-7,12,15,21H,8-11H2. The van der Waals surface area contributed by atoms with Crippen LogP contribution in [0.5, 0.6) is 0 Å². The Morgan fingerprint density at radius 1 is 1.12 bits per heavy atom. The van der Waals surface area contributed by atoms with E-state index >= 15 is 0 Å². The number of nitriles is 1. The van der Waals surface area contributed by atoms with Crippen LogP contribution in [0.25, 0.3) is 0 Å². The molecule has 1 saturated heterocycles. The van der Waals surface area contributed by atoms with Gasteiger partial charge < -0.3 is 4.90 Å². The lowest BCUT2D eigenvalue weighted by atomic mass is 10.1. The van der Waals surface area contributed by atoms with E-state index in [1.54, 1.807) is 42.5 Å². The topological polar surface area (TPSA) is 73.2 Å². The van der Waals surface area contributed by atoms with Crippen molar-refractivity contribution in [2.45, 2.75) is 23.8 Å². The number of hydrogen-bond donors (Lipinski definition) is 1. The molecule has 1 fully saturated rings. The molecule has 0 atom stereocenters. The maximum atomic E-state index is 12.4. The SMILES string of the molecule is N#Cc1ccc(N2CCC(NS(=O)(=O)c3ccccc3)CC2)c(Br)c1. The Balaban J connectivity index is 1.64. The van der Waals surface area contributed by atoms with Gasteiger partial charge in [0.25, 0.3) is 0 Å². The van der Waals surface area contributed by atoms with Crippen molar-refractivity contribution in [1.82, 2.24) is 4.72 Å². The summed E-state index contributed by atoms with van der Waals surface area (Å²) >= 11 is 3.51. The molecular formula is C18H18BrN3O2S. The first-order chi connectivity index (χ1) is 12.0. The van der Waals surface area contributed by atoms with Gasteiger partial charge in [0.05, 0.1) is 22.2 Å². The summed E-state index contributed by atoms with van der Waals surface area (Å²) in [5.74, 6) is 0. The Kier molecular flexibility index (Phi) is 5.42. The second-order valence-corrected chi connectivity index (χ2v) is 8.54. The quantitative estimate of drug-likeness (QED) is 0.824. The van der Waals surface area contributed by atoms with E-state index in [1.165, 1.54) is 0 Å². The molecule has 0 radical (unpaired) electrons. The van der Waals surface area contributed by atoms with Crippen LogP contribution < -0.4 is 9.62 Å². The third-order valence-corrected chi connectivity index (χ3v) is 6.46. The Bertz CT molecular complexity index is 886. The summed E-state index contributed by atoms with van der Waals surface area (Å²) in [6.45, 7) is 1.51. The third kappa shape index (κ3) is 4.21. The van der Waals surface area contributed by atoms with Crippen LogP contribution in [0.2, 0.25) is 0 Å². The summed E-state index contributed by atoms with van der Waals surface area (Å²) in [6, 6.07) is 16.0. The molecule has 5 nitrogen and oxygen atoms in total. The van der Waals surface area contributed by atoms with Crippen molar-refractivity contribution in [3.8, 4) is 6.07 Å². The monoisotopic (exact) mass is 419 g/mol. The van der Waals surface area contributed by atoms with Gasteiger partial charge >= 0.3 is 0 Å². The summed E-state index contributed by atoms with van der Waals surface area (Å²) in [5, 5.41) is 8.95. The minimum Gasteiger partial charge on any atom is -0.371 e. The maximum Gasteiger partial charge on any atom is 0.240 e. The molecule has 0 saturated carbocycles. The summed E-state index contributed by atoms with van der Waals surface area (Å²) in [6.07, 6.45) is 1.47. The molecule has 130 valence electrons. The van der Waals surface area contributed by atoms with Crippen LogP contribution in [0, 0.1) is 11.3 Å². The molecular weight excluding hydrogens is 402 g/mol. The van der Waals surface area contributed by atoms with E-state index in [0.29, 0.717) is 10.5 Å². The molecule has 0 bridgehead atoms. The van der Waals surface area contributed by atoms with E-state index in [9.17, 15) is 8.42 Å². The predicted molar refractivity (Wildman–Crippen MR) is 101 cm³/mol. The molecule has 1 aliphatic heterocycles. The van der Waals surface area contributed by atoms with E-state index in [4.69, 9.17) is 5.26 Å². The number of benzene rings is 2. The first-order valence-electron chi connectivity index (χ1n) is 8.01. The Morgan fingerprint density at radius 2 is 1.80 bits per heavy atom. The zero-order valence-corrected chi connectivity index (χ0v) is 15.9. The number of rotatable bonds is 4. The van der Waals surface area contributed by atoms with Crippen LogP contribution in [-0.4, -0.2) is 27.5 Å². The van der Waals surface area contributed by atoms with Gasteiger partial charge in [-0.3, -0.25) is 0 Å². The van der Waals surface area contributed by atoms with Crippen LogP contribution in [0.15, 0.2) is 57.9 Å². The van der Waals surface area contributed by atoms with E-state index in [-0.39, 0.29) is 6.04 Å². The van der Waals surface area contributed by atoms with Crippen LogP contribution in [0.4, 0.5) is 5.69 Å². The van der Waals surface area contributed by atoms with Crippen molar-refractivity contribution in [1.29, 1.82) is 5.26 Å². The van der Waals surface area contributed by atoms with E-state index in [1.807, 2.05) is 6.07 Å². The van der Waals surface area contributed by atoms with Gasteiger partial charge in [0.2, 0.25) is 10.0 Å². The molecule has 2 aromatic rings. The number of nitrogens with one attached hydrogen (secondary N) is 1. The lowest BCUT2D eigenvalue weighted by Gasteiger charge is -2.34. The minimum atomic E-state index is -3.47. The lowest BCUT2D eigenvalue weighted by Crippen LogP contribution is -2.44. The van der Waals surface area contributed by atoms with Gasteiger partial charge in [0.15, 0.2) is 0 Å². The summed E-state index contributed by atoms with van der Waals surface area (Å²) in [5.41, 5.74) is 1.64. The highest BCUT2D eigenvalue weighted by Gasteiger charge is 2.25. The van der Waals surface area contributed by atoms with Gasteiger partial charge in [-0.1, -0.05) is 18.2 Å². The summed E-state index contributed by atoms with van der Waals surface area (Å²) in [7, 11) is -3.47. The highest BCUT2D eigenvalue weighted by atomic mass is 79.9. The average Bonchev–Trinajstić information content (AvgIpc) is 2.63. The van der Waals surface area contributed by atoms with Crippen molar-refractivity contribution >= 4 is 31.6 Å². The van der Waals surface area contributed by atoms with Gasteiger partial charge in [-0.05, 0) is 59.1 Å². The van der Waals surface area contributed by atoms with Gasteiger partial charge in [0, 0.05) is 23.6 Å². The van der Waals surface area contributed by atoms with Crippen molar-refractivity contribution in [3.63, 3.8) is 0 Å². The molecule has 7 heteroatoms. The van der Waals surface area contributed by atoms with E-state index in [2.05, 4.69) is 31.6 Å². The zero-order chi connectivity index (χ0) is 17.9. The van der Waals surface area contributed by atoms with Crippen molar-refractivity contribution < 1.29 is 8.42 Å². The fourth-order valence-corrected chi connectivity index (χ4v) is 4.91. The number of halogens is 1. The van der Waals surface area contributed by atoms with Gasteiger partial charge in [0.1, 0.15) is 0 Å². The second kappa shape index (κ2) is 7.56. The highest BCUT2D eigenvalue weighted by molar-refractivity contribution is 9.10. The molecule has 25 heavy (non-hydrogen) atoms. The molecule has 0 aromatic heterocycles. The van der Waals surface area contributed by atoms with Gasteiger partial charge in [-0.15, -0.1) is 0 Å². The van der Waals surface area contributed by atoms with E-state index in [0.717, 1.165) is 36.1 Å². The molecule has 1 N–H and O–H groups in total. The van der Waals surface area contributed by atoms with Crippen LogP contribution in [-0.2, 0) is 10.0 Å². The van der Waals surface area contributed by atoms with Crippen LogP contribution in [0.3, 0.4) is 0 Å². The fourth-order valence-electron chi connectivity index (χ4n) is 2.96. The number of piperidine rings is 1. The number of anilines is 1. The first kappa shape index (κ1) is 17.9. The molecule has 0 unspecified atom stereocenters. The van der Waals surface area contributed by atoms with Crippen molar-refractivity contribution in [3.05, 3.63) is 58.6 Å². The zero-order valence-electron chi connectivity index (χ0n) is 13.5. The summed E-state index contributed by atoms with van der Waals surface area (Å²) in [4.78, 5) is 2.51. The van der Waals surface area contributed by atoms with Gasteiger partial charge in [-0.2, -0.15) is 5.26 Å². The number of hydrogen-bond acceptors (Lipinski definition) is 4. The lowest BCUT2D eigenvalue weighted by molar-refractivity contribution is 0.460. The molecule has 1 heterocycles. The van der Waals surface area contributed by atoms with Crippen molar-refractivity contribution in [2.75, 3.05) is 18.0 Å². The Hall–Kier alpha value is -1.88. The van der Waals surface area contributed by atoms with E-state index < -0.39 is 10.0 Å². The number of nitrogens with zero attached hydrogens (tertiary/aromatic N) is 2. The Labute approximate surface area is 156 Å². The fraction of sp³-hybridized carbons (Fsp3) is 0.278. The molecule has 0 amide bonds. The predicted octanol–water partition coefficient (Wildman–Crippen LogP) is 3.27. The smallest absolute Gasteiger partial charge is 0.240 e. The van der Waals surface area contributed by atoms with Crippen molar-refractivity contribution in [2.24, 2.45) is 0 Å². The Morgan fingerprint density at radius 3 is 2.40 bits per heavy atom.